The van der Waals surface area contributed by atoms with E-state index in [9.17, 15) is 14.4 Å². The summed E-state index contributed by atoms with van der Waals surface area (Å²) in [5, 5.41) is 0. The van der Waals surface area contributed by atoms with E-state index in [0.29, 0.717) is 30.9 Å². The predicted octanol–water partition coefficient (Wildman–Crippen LogP) is -0.412. The maximum atomic E-state index is 12.9. The minimum Gasteiger partial charge on any atom is -0.370 e. The van der Waals surface area contributed by atoms with E-state index in [0.717, 1.165) is 18.0 Å². The summed E-state index contributed by atoms with van der Waals surface area (Å²) in [5.41, 5.74) is -0.605. The van der Waals surface area contributed by atoms with Gasteiger partial charge in [0.05, 0.1) is 13.2 Å². The Morgan fingerprint density at radius 1 is 1.17 bits per heavy atom. The number of hydrogen-bond acceptors (Lipinski definition) is 4. The van der Waals surface area contributed by atoms with Gasteiger partial charge in [-0.15, -0.1) is 0 Å². The average molecular weight is 331 g/mol. The van der Waals surface area contributed by atoms with Gasteiger partial charge in [-0.05, 0) is 13.8 Å². The fourth-order valence-electron chi connectivity index (χ4n) is 3.64. The summed E-state index contributed by atoms with van der Waals surface area (Å²) in [4.78, 5) is 41.2. The Labute approximate surface area is 141 Å². The van der Waals surface area contributed by atoms with Gasteiger partial charge in [0.2, 0.25) is 0 Å². The number of carbonyl (C=O) groups excluding carboxylic acids is 3. The van der Waals surface area contributed by atoms with E-state index in [2.05, 4.69) is 0 Å². The number of morpholine rings is 1. The van der Waals surface area contributed by atoms with E-state index < -0.39 is 5.54 Å². The maximum Gasteiger partial charge on any atom is 0.278 e. The Balaban J connectivity index is 1.86. The lowest BCUT2D eigenvalue weighted by Gasteiger charge is -2.36. The number of carbonyl (C=O) groups is 3. The van der Waals surface area contributed by atoms with Crippen LogP contribution in [0.1, 0.15) is 34.6 Å². The second kappa shape index (κ2) is 6.45. The molecule has 1 amide bonds. The zero-order chi connectivity index (χ0) is 17.3. The van der Waals surface area contributed by atoms with Crippen molar-refractivity contribution in [3.63, 3.8) is 0 Å². The molecule has 128 valence electrons. The number of Topliss-reactive ketones (excluding diaryl/α,β-unsaturated/α-hetero) is 2. The summed E-state index contributed by atoms with van der Waals surface area (Å²) in [6.07, 6.45) is 0. The van der Waals surface area contributed by atoms with Crippen molar-refractivity contribution in [2.45, 2.75) is 19.4 Å². The molecule has 1 saturated heterocycles. The lowest BCUT2D eigenvalue weighted by Crippen LogP contribution is -3.15. The van der Waals surface area contributed by atoms with Crippen LogP contribution in [0.2, 0.25) is 0 Å². The fraction of sp³-hybridized carbons (Fsp3) is 0.500. The van der Waals surface area contributed by atoms with Crippen molar-refractivity contribution in [1.82, 2.24) is 4.90 Å². The van der Waals surface area contributed by atoms with Crippen molar-refractivity contribution < 1.29 is 24.0 Å². The molecule has 0 atom stereocenters. The lowest BCUT2D eigenvalue weighted by molar-refractivity contribution is -0.900. The Bertz CT molecular complexity index is 644. The van der Waals surface area contributed by atoms with Gasteiger partial charge >= 0.3 is 0 Å². The fourth-order valence-corrected chi connectivity index (χ4v) is 3.64. The van der Waals surface area contributed by atoms with Crippen molar-refractivity contribution in [1.29, 1.82) is 0 Å². The number of ether oxygens (including phenoxy) is 1. The normalized spacial score (nSPS) is 20.1. The van der Waals surface area contributed by atoms with Gasteiger partial charge in [-0.1, -0.05) is 24.3 Å². The molecule has 0 saturated carbocycles. The summed E-state index contributed by atoms with van der Waals surface area (Å²) in [6, 6.07) is 6.80. The molecular weight excluding hydrogens is 308 g/mol. The van der Waals surface area contributed by atoms with Crippen LogP contribution >= 0.6 is 0 Å². The van der Waals surface area contributed by atoms with E-state index in [1.54, 1.807) is 38.1 Å². The molecule has 0 radical (unpaired) electrons. The highest BCUT2D eigenvalue weighted by atomic mass is 16.5. The first kappa shape index (κ1) is 16.8. The molecule has 1 aliphatic heterocycles. The van der Waals surface area contributed by atoms with Crippen molar-refractivity contribution >= 4 is 17.5 Å². The third-order valence-corrected chi connectivity index (χ3v) is 5.06. The zero-order valence-electron chi connectivity index (χ0n) is 14.1. The number of nitrogens with zero attached hydrogens (tertiary/aromatic N) is 1. The number of hydrogen-bond donors (Lipinski definition) is 1. The summed E-state index contributed by atoms with van der Waals surface area (Å²) < 4.78 is 5.31. The van der Waals surface area contributed by atoms with Gasteiger partial charge in [-0.3, -0.25) is 14.4 Å². The van der Waals surface area contributed by atoms with E-state index in [1.807, 2.05) is 0 Å². The highest BCUT2D eigenvalue weighted by Crippen LogP contribution is 2.34. The first-order chi connectivity index (χ1) is 11.5. The van der Waals surface area contributed by atoms with E-state index in [-0.39, 0.29) is 24.0 Å². The maximum absolute atomic E-state index is 12.9. The lowest BCUT2D eigenvalue weighted by atomic mass is 9.93. The molecule has 1 fully saturated rings. The molecule has 2 aliphatic rings. The summed E-state index contributed by atoms with van der Waals surface area (Å²) in [6.45, 7) is 6.79. The predicted molar refractivity (Wildman–Crippen MR) is 87.3 cm³/mol. The molecule has 6 nitrogen and oxygen atoms in total. The van der Waals surface area contributed by atoms with Gasteiger partial charge < -0.3 is 14.5 Å². The largest absolute Gasteiger partial charge is 0.370 e. The van der Waals surface area contributed by atoms with Crippen LogP contribution in [0, 0.1) is 0 Å². The third kappa shape index (κ3) is 2.56. The number of quaternary nitrogens is 1. The van der Waals surface area contributed by atoms with Crippen LogP contribution in [0.4, 0.5) is 0 Å². The molecular formula is C18H23N2O4+. The second-order valence-corrected chi connectivity index (χ2v) is 6.45. The molecule has 1 aromatic rings. The highest BCUT2D eigenvalue weighted by Gasteiger charge is 2.54. The SMILES string of the molecule is CCN(C(=O)C[NH+]1CCOCC1)C1(C)C(=O)c2ccccc2C1=O. The number of benzene rings is 1. The van der Waals surface area contributed by atoms with Crippen LogP contribution in [0.25, 0.3) is 0 Å². The Morgan fingerprint density at radius 3 is 2.21 bits per heavy atom. The molecule has 3 rings (SSSR count). The van der Waals surface area contributed by atoms with E-state index in [4.69, 9.17) is 4.74 Å². The Kier molecular flexibility index (Phi) is 4.51. The molecule has 0 aromatic heterocycles. The minimum absolute atomic E-state index is 0.161. The summed E-state index contributed by atoms with van der Waals surface area (Å²) in [5.74, 6) is -0.725. The van der Waals surface area contributed by atoms with Crippen molar-refractivity contribution in [2.24, 2.45) is 0 Å². The van der Waals surface area contributed by atoms with Crippen LogP contribution in [0.15, 0.2) is 24.3 Å². The topological polar surface area (TPSA) is 68.1 Å². The monoisotopic (exact) mass is 331 g/mol. The minimum atomic E-state index is -1.43. The summed E-state index contributed by atoms with van der Waals surface area (Å²) >= 11 is 0. The zero-order valence-corrected chi connectivity index (χ0v) is 14.1. The third-order valence-electron chi connectivity index (χ3n) is 5.06. The molecule has 0 bridgehead atoms. The quantitative estimate of drug-likeness (QED) is 0.762. The number of fused-ring (bicyclic) bond motifs is 1. The van der Waals surface area contributed by atoms with Gasteiger partial charge in [-0.25, -0.2) is 0 Å². The van der Waals surface area contributed by atoms with Crippen molar-refractivity contribution in [2.75, 3.05) is 39.4 Å². The highest BCUT2D eigenvalue weighted by molar-refractivity contribution is 6.33. The summed E-state index contributed by atoms with van der Waals surface area (Å²) in [7, 11) is 0. The van der Waals surface area contributed by atoms with Crippen LogP contribution < -0.4 is 4.90 Å². The molecule has 1 aromatic carbocycles. The van der Waals surface area contributed by atoms with Crippen LogP contribution in [0.5, 0.6) is 0 Å². The first-order valence-corrected chi connectivity index (χ1v) is 8.40. The number of amides is 1. The Hall–Kier alpha value is -2.05. The molecule has 1 aliphatic carbocycles. The van der Waals surface area contributed by atoms with Gasteiger partial charge in [0, 0.05) is 17.7 Å². The van der Waals surface area contributed by atoms with E-state index in [1.165, 1.54) is 4.90 Å². The van der Waals surface area contributed by atoms with Gasteiger partial charge in [0.1, 0.15) is 13.1 Å². The molecule has 24 heavy (non-hydrogen) atoms. The molecule has 1 heterocycles. The Morgan fingerprint density at radius 2 is 1.71 bits per heavy atom. The van der Waals surface area contributed by atoms with Gasteiger partial charge in [0.25, 0.3) is 5.91 Å². The van der Waals surface area contributed by atoms with Crippen LogP contribution in [-0.4, -0.2) is 67.3 Å². The first-order valence-electron chi connectivity index (χ1n) is 8.40. The van der Waals surface area contributed by atoms with Crippen molar-refractivity contribution in [3.8, 4) is 0 Å². The number of ketones is 2. The molecule has 6 heteroatoms. The average Bonchev–Trinajstić information content (AvgIpc) is 2.79. The molecule has 1 N–H and O–H groups in total. The molecule has 0 spiro atoms. The van der Waals surface area contributed by atoms with Gasteiger partial charge in [-0.2, -0.15) is 0 Å². The van der Waals surface area contributed by atoms with Gasteiger partial charge in [0.15, 0.2) is 23.7 Å². The molecule has 0 unspecified atom stereocenters. The van der Waals surface area contributed by atoms with Crippen molar-refractivity contribution in [3.05, 3.63) is 35.4 Å². The number of likely N-dealkylation sites (N-methyl/N-ethyl adjacent to an activating group) is 1. The smallest absolute Gasteiger partial charge is 0.278 e. The standard InChI is InChI=1S/C18H22N2O4/c1-3-20(15(21)12-19-8-10-24-11-9-19)18(2)16(22)13-6-4-5-7-14(13)17(18)23/h4-7H,3,8-12H2,1-2H3/p+1. The van der Waals surface area contributed by atoms with Crippen LogP contribution in [-0.2, 0) is 9.53 Å². The van der Waals surface area contributed by atoms with Crippen LogP contribution in [0.3, 0.4) is 0 Å². The number of nitrogens with one attached hydrogen (secondary N) is 1. The second-order valence-electron chi connectivity index (χ2n) is 6.45. The van der Waals surface area contributed by atoms with E-state index >= 15 is 0 Å². The number of rotatable bonds is 4.